The minimum Gasteiger partial charge on any atom is -0.487 e. The first-order chi connectivity index (χ1) is 21.9. The number of hydrogen-bond acceptors (Lipinski definition) is 9. The van der Waals surface area contributed by atoms with Crippen LogP contribution in [0.25, 0.3) is 22.3 Å². The molecule has 2 aromatic carbocycles. The molecule has 0 spiro atoms. The number of rotatable bonds is 9. The van der Waals surface area contributed by atoms with E-state index in [0.29, 0.717) is 47.2 Å². The quantitative estimate of drug-likeness (QED) is 0.222. The fraction of sp³-hybridized carbons (Fsp3) is 0.389. The number of aromatic nitrogens is 2. The number of likely N-dealkylation sites (N-methyl/N-ethyl adjacent to an activating group) is 1. The smallest absolute Gasteiger partial charge is 0.343 e. The normalized spacial score (nSPS) is 17.3. The Morgan fingerprint density at radius 3 is 2.54 bits per heavy atom. The molecule has 1 unspecified atom stereocenters. The van der Waals surface area contributed by atoms with Gasteiger partial charge in [0.2, 0.25) is 0 Å². The Morgan fingerprint density at radius 2 is 1.89 bits per heavy atom. The summed E-state index contributed by atoms with van der Waals surface area (Å²) >= 11 is 0. The van der Waals surface area contributed by atoms with E-state index in [1.807, 2.05) is 44.4 Å². The predicted molar refractivity (Wildman–Crippen MR) is 176 cm³/mol. The lowest BCUT2D eigenvalue weighted by molar-refractivity contribution is -0.172. The van der Waals surface area contributed by atoms with E-state index >= 15 is 0 Å². The van der Waals surface area contributed by atoms with Crippen molar-refractivity contribution < 1.29 is 19.4 Å². The van der Waals surface area contributed by atoms with Crippen LogP contribution in [0.3, 0.4) is 0 Å². The minimum absolute atomic E-state index is 0.0681. The van der Waals surface area contributed by atoms with Gasteiger partial charge in [-0.2, -0.15) is 5.26 Å². The fourth-order valence-corrected chi connectivity index (χ4v) is 6.30. The Kier molecular flexibility index (Phi) is 8.09. The molecule has 4 aromatic rings. The van der Waals surface area contributed by atoms with E-state index < -0.39 is 11.6 Å². The summed E-state index contributed by atoms with van der Waals surface area (Å²) < 4.78 is 13.1. The van der Waals surface area contributed by atoms with Gasteiger partial charge >= 0.3 is 5.97 Å². The van der Waals surface area contributed by atoms with Crippen LogP contribution in [0.15, 0.2) is 47.3 Å². The van der Waals surface area contributed by atoms with Gasteiger partial charge in [0.1, 0.15) is 25.0 Å². The molecule has 0 aliphatic carbocycles. The van der Waals surface area contributed by atoms with Gasteiger partial charge < -0.3 is 29.4 Å². The Balaban J connectivity index is 1.47. The zero-order valence-corrected chi connectivity index (χ0v) is 27.1. The van der Waals surface area contributed by atoms with Gasteiger partial charge in [-0.15, -0.1) is 0 Å². The maximum absolute atomic E-state index is 13.8. The van der Waals surface area contributed by atoms with Crippen molar-refractivity contribution in [2.24, 2.45) is 0 Å². The topological polar surface area (TPSA) is 130 Å². The Hall–Kier alpha value is -4.72. The molecule has 2 aliphatic heterocycles. The Bertz CT molecular complexity index is 1960. The zero-order chi connectivity index (χ0) is 32.9. The van der Waals surface area contributed by atoms with Crippen molar-refractivity contribution in [1.82, 2.24) is 14.5 Å². The number of pyridine rings is 2. The number of esters is 1. The number of nitrogens with zero attached hydrogens (tertiary/aromatic N) is 4. The third-order valence-corrected chi connectivity index (χ3v) is 9.21. The molecule has 2 atom stereocenters. The lowest BCUT2D eigenvalue weighted by Crippen LogP contribution is -2.44. The molecule has 2 aliphatic rings. The SMILES string of the molecule is CC[C@@]1(O)C(=O)OCc2c1cc1n(c2=O)Cc2c-1nc1cc(C#N)c(OCc3ccc(NC(C)C)cc3)cc1c2CC(C)N(C)C. The van der Waals surface area contributed by atoms with Crippen LogP contribution >= 0.6 is 0 Å². The van der Waals surface area contributed by atoms with E-state index in [9.17, 15) is 20.0 Å². The third kappa shape index (κ3) is 5.29. The molecule has 0 amide bonds. The van der Waals surface area contributed by atoms with Gasteiger partial charge in [-0.3, -0.25) is 4.79 Å². The molecule has 0 radical (unpaired) electrons. The van der Waals surface area contributed by atoms with Crippen molar-refractivity contribution in [2.45, 2.75) is 78.0 Å². The van der Waals surface area contributed by atoms with Crippen LogP contribution in [0.2, 0.25) is 0 Å². The van der Waals surface area contributed by atoms with Gasteiger partial charge in [0.15, 0.2) is 5.60 Å². The number of carbonyl (C=O) groups is 1. The molecule has 46 heavy (non-hydrogen) atoms. The molecule has 2 N–H and O–H groups in total. The van der Waals surface area contributed by atoms with Crippen molar-refractivity contribution in [3.63, 3.8) is 0 Å². The lowest BCUT2D eigenvalue weighted by Gasteiger charge is -2.31. The van der Waals surface area contributed by atoms with Crippen LogP contribution in [-0.4, -0.2) is 51.7 Å². The molecule has 2 aromatic heterocycles. The van der Waals surface area contributed by atoms with E-state index in [0.717, 1.165) is 27.8 Å². The monoisotopic (exact) mass is 621 g/mol. The second-order valence-corrected chi connectivity index (χ2v) is 12.8. The highest BCUT2D eigenvalue weighted by atomic mass is 16.6. The van der Waals surface area contributed by atoms with Gasteiger partial charge in [-0.25, -0.2) is 9.78 Å². The summed E-state index contributed by atoms with van der Waals surface area (Å²) in [5.74, 6) is -0.293. The van der Waals surface area contributed by atoms with Crippen LogP contribution in [0.4, 0.5) is 5.69 Å². The average molecular weight is 622 g/mol. The first-order valence-electron chi connectivity index (χ1n) is 15.7. The summed E-state index contributed by atoms with van der Waals surface area (Å²) in [5, 5.41) is 25.6. The van der Waals surface area contributed by atoms with Gasteiger partial charge in [0.25, 0.3) is 5.56 Å². The average Bonchev–Trinajstić information content (AvgIpc) is 3.40. The maximum atomic E-state index is 13.8. The second kappa shape index (κ2) is 11.9. The number of benzene rings is 2. The number of fused-ring (bicyclic) bond motifs is 5. The van der Waals surface area contributed by atoms with Crippen LogP contribution in [0, 0.1) is 11.3 Å². The largest absolute Gasteiger partial charge is 0.487 e. The zero-order valence-electron chi connectivity index (χ0n) is 27.1. The third-order valence-electron chi connectivity index (χ3n) is 9.21. The van der Waals surface area contributed by atoms with Crippen LogP contribution in [-0.2, 0) is 41.3 Å². The van der Waals surface area contributed by atoms with E-state index in [2.05, 4.69) is 37.1 Å². The number of anilines is 1. The van der Waals surface area contributed by atoms with Gasteiger partial charge in [0, 0.05) is 34.3 Å². The van der Waals surface area contributed by atoms with Crippen LogP contribution in [0.5, 0.6) is 5.75 Å². The van der Waals surface area contributed by atoms with Gasteiger partial charge in [-0.05, 0) is 89.2 Å². The molecule has 0 fully saturated rings. The van der Waals surface area contributed by atoms with Gasteiger partial charge in [0.05, 0.1) is 34.6 Å². The highest BCUT2D eigenvalue weighted by Crippen LogP contribution is 2.41. The summed E-state index contributed by atoms with van der Waals surface area (Å²) in [6, 6.07) is 16.1. The standard InChI is InChI=1S/C36H39N5O5/c1-7-36(44)29-15-31-33-27(17-41(31)34(42)28(29)19-46-35(36)43)25(12-21(4)40(5)6)26-14-32(23(16-37)13-30(26)39-33)45-18-22-8-10-24(11-9-22)38-20(2)3/h8-11,13-15,20-21,38,44H,7,12,17-19H2,1-6H3/t21?,36-/m0/s1. The molecule has 0 saturated carbocycles. The van der Waals surface area contributed by atoms with E-state index in [1.165, 1.54) is 0 Å². The van der Waals surface area contributed by atoms with Crippen molar-refractivity contribution in [3.8, 4) is 23.2 Å². The summed E-state index contributed by atoms with van der Waals surface area (Å²) in [6.07, 6.45) is 0.728. The van der Waals surface area contributed by atoms with E-state index in [4.69, 9.17) is 14.5 Å². The van der Waals surface area contributed by atoms with Crippen molar-refractivity contribution in [3.05, 3.63) is 86.2 Å². The molecule has 10 heteroatoms. The molecule has 10 nitrogen and oxygen atoms in total. The summed E-state index contributed by atoms with van der Waals surface area (Å²) in [6.45, 7) is 8.39. The van der Waals surface area contributed by atoms with Crippen LogP contribution in [0.1, 0.15) is 67.5 Å². The van der Waals surface area contributed by atoms with E-state index in [-0.39, 0.29) is 42.4 Å². The summed E-state index contributed by atoms with van der Waals surface area (Å²) in [7, 11) is 4.04. The van der Waals surface area contributed by atoms with Crippen molar-refractivity contribution in [2.75, 3.05) is 19.4 Å². The number of hydrogen-bond donors (Lipinski definition) is 2. The lowest BCUT2D eigenvalue weighted by atomic mass is 9.86. The van der Waals surface area contributed by atoms with E-state index in [1.54, 1.807) is 23.6 Å². The molecule has 0 bridgehead atoms. The Morgan fingerprint density at radius 1 is 1.15 bits per heavy atom. The first kappa shape index (κ1) is 31.3. The number of carbonyl (C=O) groups excluding carboxylic acids is 1. The minimum atomic E-state index is -1.91. The number of cyclic esters (lactones) is 1. The second-order valence-electron chi connectivity index (χ2n) is 12.8. The number of nitrogens with one attached hydrogen (secondary N) is 1. The summed E-state index contributed by atoms with van der Waals surface area (Å²) in [4.78, 5) is 33.6. The molecular formula is C36H39N5O5. The predicted octanol–water partition coefficient (Wildman–Crippen LogP) is 4.84. The number of aliphatic hydroxyl groups is 1. The Labute approximate surface area is 268 Å². The molecule has 6 rings (SSSR count). The first-order valence-corrected chi connectivity index (χ1v) is 15.7. The van der Waals surface area contributed by atoms with Crippen molar-refractivity contribution >= 4 is 22.6 Å². The maximum Gasteiger partial charge on any atom is 0.343 e. The summed E-state index contributed by atoms with van der Waals surface area (Å²) in [5.41, 5.74) is 4.36. The highest BCUT2D eigenvalue weighted by molar-refractivity contribution is 5.91. The molecule has 4 heterocycles. The van der Waals surface area contributed by atoms with Gasteiger partial charge in [-0.1, -0.05) is 19.1 Å². The van der Waals surface area contributed by atoms with Crippen LogP contribution < -0.4 is 15.6 Å². The number of nitriles is 1. The molecular weight excluding hydrogens is 582 g/mol. The number of ether oxygens (including phenoxy) is 2. The fourth-order valence-electron chi connectivity index (χ4n) is 6.30. The molecule has 238 valence electrons. The highest BCUT2D eigenvalue weighted by Gasteiger charge is 2.45. The van der Waals surface area contributed by atoms with Crippen molar-refractivity contribution in [1.29, 1.82) is 5.26 Å². The molecule has 0 saturated heterocycles.